The summed E-state index contributed by atoms with van der Waals surface area (Å²) in [5.74, 6) is -3.15. The Labute approximate surface area is 480 Å². The van der Waals surface area contributed by atoms with Crippen molar-refractivity contribution >= 4 is 23.9 Å². The fourth-order valence-corrected chi connectivity index (χ4v) is 9.39. The van der Waals surface area contributed by atoms with E-state index in [1.54, 1.807) is 0 Å². The van der Waals surface area contributed by atoms with Crippen LogP contribution in [0.3, 0.4) is 0 Å². The lowest BCUT2D eigenvalue weighted by Crippen LogP contribution is -2.61. The molecule has 1 heterocycles. The van der Waals surface area contributed by atoms with E-state index in [4.69, 9.17) is 23.7 Å². The predicted octanol–water partition coefficient (Wildman–Crippen LogP) is 16.9. The van der Waals surface area contributed by atoms with Gasteiger partial charge in [0.05, 0.1) is 6.61 Å². The highest BCUT2D eigenvalue weighted by molar-refractivity contribution is 5.74. The minimum atomic E-state index is -1.91. The maximum absolute atomic E-state index is 13.2. The minimum Gasteiger partial charge on any atom is -0.479 e. The van der Waals surface area contributed by atoms with Crippen molar-refractivity contribution in [3.63, 3.8) is 0 Å². The number of carbonyl (C=O) groups excluding carboxylic acids is 3. The van der Waals surface area contributed by atoms with E-state index in [0.717, 1.165) is 109 Å². The topological polar surface area (TPSA) is 175 Å². The van der Waals surface area contributed by atoms with Crippen LogP contribution in [0.5, 0.6) is 0 Å². The maximum Gasteiger partial charge on any atom is 0.335 e. The standard InChI is InChI=1S/C67H114O12/c1-4-7-10-13-16-19-22-25-27-29-30-32-33-36-38-41-44-47-50-53-59(68)75-56-58(77-60(69)54-51-48-45-42-40-37-34-31-28-26-23-20-17-14-11-8-5-2)57-76-67-65(63(72)62(71)64(79-67)66(73)74)78-61(70)55-52-49-46-43-39-35-24-21-18-15-12-9-6-3/h7,10,16,19,25-28,30,32,36,38,58,62-65,67,71-72H,4-6,8-9,11-15,17-18,20-24,29,31,33-35,37,39-57H2,1-3H3,(H,73,74)/b10-7-,19-16-,27-25-,28-26-,32-30-,38-36-. The first-order valence-corrected chi connectivity index (χ1v) is 31.9. The van der Waals surface area contributed by atoms with Gasteiger partial charge in [-0.05, 0) is 89.9 Å². The fraction of sp³-hybridized carbons (Fsp3) is 0.761. The number of carboxylic acid groups (broad SMARTS) is 1. The van der Waals surface area contributed by atoms with Crippen molar-refractivity contribution < 1.29 is 58.2 Å². The Morgan fingerprint density at radius 2 is 0.797 bits per heavy atom. The van der Waals surface area contributed by atoms with Gasteiger partial charge in [-0.15, -0.1) is 0 Å². The van der Waals surface area contributed by atoms with E-state index in [1.807, 2.05) is 0 Å². The van der Waals surface area contributed by atoms with E-state index >= 15 is 0 Å². The molecule has 0 saturated carbocycles. The lowest BCUT2D eigenvalue weighted by Gasteiger charge is -2.40. The SMILES string of the molecule is CC/C=C\C/C=C\C/C=C\C/C=C\C/C=C\CCCCCC(=O)OCC(COC1OC(C(=O)O)C(O)C(O)C1OC(=O)CCCCCCCCCCCCCCC)OC(=O)CCCCCCCCC/C=C\CCCCCCCC. The van der Waals surface area contributed by atoms with Gasteiger partial charge in [0.1, 0.15) is 18.8 Å². The van der Waals surface area contributed by atoms with Crippen LogP contribution < -0.4 is 0 Å². The Morgan fingerprint density at radius 1 is 0.430 bits per heavy atom. The number of hydrogen-bond donors (Lipinski definition) is 3. The summed E-state index contributed by atoms with van der Waals surface area (Å²) in [6.45, 7) is 5.86. The zero-order chi connectivity index (χ0) is 57.5. The third-order valence-corrected chi connectivity index (χ3v) is 14.3. The van der Waals surface area contributed by atoms with Gasteiger partial charge in [-0.25, -0.2) is 4.79 Å². The largest absolute Gasteiger partial charge is 0.479 e. The van der Waals surface area contributed by atoms with Gasteiger partial charge in [-0.1, -0.05) is 241 Å². The molecule has 0 spiro atoms. The number of unbranched alkanes of at least 4 members (excludes halogenated alkanes) is 28. The molecule has 0 amide bonds. The summed E-state index contributed by atoms with van der Waals surface area (Å²) < 4.78 is 28.5. The van der Waals surface area contributed by atoms with Crippen molar-refractivity contribution in [2.24, 2.45) is 0 Å². The Kier molecular flexibility index (Phi) is 50.7. The predicted molar refractivity (Wildman–Crippen MR) is 322 cm³/mol. The van der Waals surface area contributed by atoms with Crippen LogP contribution >= 0.6 is 0 Å². The molecule has 0 bridgehead atoms. The summed E-state index contributed by atoms with van der Waals surface area (Å²) >= 11 is 0. The van der Waals surface area contributed by atoms with E-state index in [0.29, 0.717) is 19.3 Å². The molecule has 1 fully saturated rings. The quantitative estimate of drug-likeness (QED) is 0.0228. The highest BCUT2D eigenvalue weighted by Gasteiger charge is 2.50. The zero-order valence-electron chi connectivity index (χ0n) is 50.1. The summed E-state index contributed by atoms with van der Waals surface area (Å²) in [6.07, 6.45) is 57.2. The molecular weight excluding hydrogens is 997 g/mol. The average Bonchev–Trinajstić information content (AvgIpc) is 3.44. The molecule has 0 aromatic heterocycles. The van der Waals surface area contributed by atoms with E-state index in [-0.39, 0.29) is 25.9 Å². The Morgan fingerprint density at radius 3 is 1.24 bits per heavy atom. The van der Waals surface area contributed by atoms with Gasteiger partial charge in [0.15, 0.2) is 24.6 Å². The molecule has 79 heavy (non-hydrogen) atoms. The second-order valence-electron chi connectivity index (χ2n) is 21.7. The summed E-state index contributed by atoms with van der Waals surface area (Å²) in [5.41, 5.74) is 0. The van der Waals surface area contributed by atoms with Crippen molar-refractivity contribution in [1.82, 2.24) is 0 Å². The van der Waals surface area contributed by atoms with Crippen molar-refractivity contribution in [3.8, 4) is 0 Å². The molecule has 1 aliphatic rings. The van der Waals surface area contributed by atoms with Crippen LogP contribution in [0, 0.1) is 0 Å². The van der Waals surface area contributed by atoms with Crippen molar-refractivity contribution in [1.29, 1.82) is 0 Å². The van der Waals surface area contributed by atoms with Crippen LogP contribution in [0.25, 0.3) is 0 Å². The number of esters is 3. The van der Waals surface area contributed by atoms with Gasteiger partial charge in [-0.2, -0.15) is 0 Å². The lowest BCUT2D eigenvalue weighted by atomic mass is 9.98. The Balaban J connectivity index is 2.69. The van der Waals surface area contributed by atoms with Crippen molar-refractivity contribution in [2.75, 3.05) is 13.2 Å². The summed E-state index contributed by atoms with van der Waals surface area (Å²) in [7, 11) is 0. The number of hydrogen-bond acceptors (Lipinski definition) is 11. The number of rotatable bonds is 54. The van der Waals surface area contributed by atoms with Crippen molar-refractivity contribution in [3.05, 3.63) is 72.9 Å². The van der Waals surface area contributed by atoms with Gasteiger partial charge in [-0.3, -0.25) is 14.4 Å². The van der Waals surface area contributed by atoms with E-state index in [9.17, 15) is 34.5 Å². The maximum atomic E-state index is 13.2. The highest BCUT2D eigenvalue weighted by Crippen LogP contribution is 2.27. The monoisotopic (exact) mass is 1110 g/mol. The van der Waals surface area contributed by atoms with E-state index in [2.05, 4.69) is 93.7 Å². The molecule has 0 aromatic rings. The molecule has 1 aliphatic heterocycles. The average molecular weight is 1110 g/mol. The summed E-state index contributed by atoms with van der Waals surface area (Å²) in [5, 5.41) is 31.5. The van der Waals surface area contributed by atoms with Gasteiger partial charge in [0.2, 0.25) is 0 Å². The van der Waals surface area contributed by atoms with Gasteiger partial charge in [0.25, 0.3) is 0 Å². The van der Waals surface area contributed by atoms with Gasteiger partial charge in [0, 0.05) is 19.3 Å². The molecule has 0 aromatic carbocycles. The van der Waals surface area contributed by atoms with Crippen LogP contribution in [0.2, 0.25) is 0 Å². The number of aliphatic hydroxyl groups excluding tert-OH is 2. The minimum absolute atomic E-state index is 0.0583. The first-order chi connectivity index (χ1) is 38.6. The fourth-order valence-electron chi connectivity index (χ4n) is 9.39. The number of aliphatic carboxylic acids is 1. The molecule has 0 radical (unpaired) electrons. The molecule has 12 heteroatoms. The molecule has 454 valence electrons. The second-order valence-corrected chi connectivity index (χ2v) is 21.7. The molecule has 6 unspecified atom stereocenters. The van der Waals surface area contributed by atoms with Crippen LogP contribution in [0.15, 0.2) is 72.9 Å². The smallest absolute Gasteiger partial charge is 0.335 e. The molecular formula is C67H114O12. The molecule has 3 N–H and O–H groups in total. The van der Waals surface area contributed by atoms with E-state index in [1.165, 1.54) is 109 Å². The van der Waals surface area contributed by atoms with Crippen LogP contribution in [0.4, 0.5) is 0 Å². The summed E-state index contributed by atoms with van der Waals surface area (Å²) in [6, 6.07) is 0. The van der Waals surface area contributed by atoms with Crippen LogP contribution in [-0.4, -0.2) is 89.2 Å². The number of aliphatic hydroxyl groups is 2. The van der Waals surface area contributed by atoms with Gasteiger partial charge < -0.3 is 39.0 Å². The molecule has 6 atom stereocenters. The van der Waals surface area contributed by atoms with Crippen LogP contribution in [0.1, 0.15) is 278 Å². The number of carbonyl (C=O) groups is 4. The molecule has 1 saturated heterocycles. The number of allylic oxidation sites excluding steroid dienone is 12. The molecule has 0 aliphatic carbocycles. The third kappa shape index (κ3) is 44.5. The first-order valence-electron chi connectivity index (χ1n) is 31.9. The Hall–Kier alpha value is -3.84. The molecule has 12 nitrogen and oxygen atoms in total. The normalized spacial score (nSPS) is 18.3. The first kappa shape index (κ1) is 73.2. The Bertz CT molecular complexity index is 1650. The third-order valence-electron chi connectivity index (χ3n) is 14.3. The van der Waals surface area contributed by atoms with Gasteiger partial charge >= 0.3 is 23.9 Å². The highest BCUT2D eigenvalue weighted by atomic mass is 16.7. The summed E-state index contributed by atoms with van der Waals surface area (Å²) in [4.78, 5) is 51.3. The van der Waals surface area contributed by atoms with Crippen molar-refractivity contribution in [2.45, 2.75) is 314 Å². The second kappa shape index (κ2) is 54.7. The molecule has 1 rings (SSSR count). The van der Waals surface area contributed by atoms with E-state index < -0.39 is 67.3 Å². The van der Waals surface area contributed by atoms with Crippen LogP contribution in [-0.2, 0) is 42.9 Å². The number of ether oxygens (including phenoxy) is 5. The zero-order valence-corrected chi connectivity index (χ0v) is 50.1. The lowest BCUT2D eigenvalue weighted by molar-refractivity contribution is -0.301. The number of carboxylic acids is 1.